The maximum atomic E-state index is 13.3. The number of carbonyl (C=O) groups excluding carboxylic acids is 1. The maximum absolute atomic E-state index is 13.3. The number of aromatic nitrogens is 1. The zero-order valence-corrected chi connectivity index (χ0v) is 15.5. The number of carbonyl (C=O) groups is 1. The van der Waals surface area contributed by atoms with E-state index in [9.17, 15) is 9.18 Å². The van der Waals surface area contributed by atoms with E-state index in [4.69, 9.17) is 17.3 Å². The molecule has 0 radical (unpaired) electrons. The minimum Gasteiger partial charge on any atom is -0.366 e. The molecule has 1 heterocycles. The minimum atomic E-state index is -0.485. The molecule has 0 spiro atoms. The predicted octanol–water partition coefficient (Wildman–Crippen LogP) is 4.97. The zero-order valence-electron chi connectivity index (χ0n) is 14.7. The topological polar surface area (TPSA) is 48.0 Å². The highest BCUT2D eigenvalue weighted by atomic mass is 35.5. The summed E-state index contributed by atoms with van der Waals surface area (Å²) in [6, 6.07) is 13.8. The second-order valence-corrected chi connectivity index (χ2v) is 6.66. The second-order valence-electron chi connectivity index (χ2n) is 6.22. The van der Waals surface area contributed by atoms with Crippen LogP contribution in [0.25, 0.3) is 11.1 Å². The van der Waals surface area contributed by atoms with Gasteiger partial charge in [-0.2, -0.15) is 0 Å². The molecule has 0 unspecified atom stereocenters. The summed E-state index contributed by atoms with van der Waals surface area (Å²) in [5, 5.41) is 0.666. The molecule has 0 aliphatic rings. The highest BCUT2D eigenvalue weighted by Gasteiger charge is 2.24. The monoisotopic (exact) mass is 370 g/mol. The Bertz CT molecular complexity index is 961. The first-order valence-electron chi connectivity index (χ1n) is 8.44. The molecule has 5 heteroatoms. The number of benzene rings is 2. The van der Waals surface area contributed by atoms with Gasteiger partial charge in [0.15, 0.2) is 0 Å². The van der Waals surface area contributed by atoms with Crippen LogP contribution in [0.15, 0.2) is 48.5 Å². The van der Waals surface area contributed by atoms with E-state index in [-0.39, 0.29) is 5.82 Å². The van der Waals surface area contributed by atoms with Crippen LogP contribution in [0.5, 0.6) is 0 Å². The van der Waals surface area contributed by atoms with E-state index in [0.29, 0.717) is 23.6 Å². The highest BCUT2D eigenvalue weighted by Crippen LogP contribution is 2.34. The first-order chi connectivity index (χ1) is 12.4. The summed E-state index contributed by atoms with van der Waals surface area (Å²) in [7, 11) is 0. The van der Waals surface area contributed by atoms with Gasteiger partial charge in [-0.15, -0.1) is 0 Å². The fraction of sp³-hybridized carbons (Fsp3) is 0.190. The Balaban J connectivity index is 2.20. The van der Waals surface area contributed by atoms with E-state index in [1.807, 2.05) is 38.1 Å². The summed E-state index contributed by atoms with van der Waals surface area (Å²) in [6.07, 6.45) is 0.710. The van der Waals surface area contributed by atoms with E-state index in [2.05, 4.69) is 4.57 Å². The van der Waals surface area contributed by atoms with Gasteiger partial charge in [-0.1, -0.05) is 42.8 Å². The quantitative estimate of drug-likeness (QED) is 0.677. The molecule has 0 atom stereocenters. The van der Waals surface area contributed by atoms with Gasteiger partial charge in [-0.3, -0.25) is 4.79 Å². The molecule has 0 aliphatic heterocycles. The Morgan fingerprint density at radius 2 is 1.88 bits per heavy atom. The van der Waals surface area contributed by atoms with Crippen LogP contribution in [-0.4, -0.2) is 10.5 Å². The summed E-state index contributed by atoms with van der Waals surface area (Å²) in [6.45, 7) is 4.49. The van der Waals surface area contributed by atoms with Gasteiger partial charge >= 0.3 is 0 Å². The fourth-order valence-electron chi connectivity index (χ4n) is 3.43. The molecule has 3 nitrogen and oxygen atoms in total. The van der Waals surface area contributed by atoms with Gasteiger partial charge in [0.05, 0.1) is 5.56 Å². The summed E-state index contributed by atoms with van der Waals surface area (Å²) >= 11 is 6.10. The summed E-state index contributed by atoms with van der Waals surface area (Å²) in [5.41, 5.74) is 10.6. The first-order valence-corrected chi connectivity index (χ1v) is 8.82. The molecule has 0 aliphatic carbocycles. The number of hydrogen-bond acceptors (Lipinski definition) is 1. The van der Waals surface area contributed by atoms with Crippen molar-refractivity contribution >= 4 is 17.5 Å². The molecule has 3 rings (SSSR count). The normalized spacial score (nSPS) is 10.9. The van der Waals surface area contributed by atoms with Gasteiger partial charge < -0.3 is 10.3 Å². The average Bonchev–Trinajstić information content (AvgIpc) is 2.88. The van der Waals surface area contributed by atoms with Crippen molar-refractivity contribution < 1.29 is 9.18 Å². The van der Waals surface area contributed by atoms with E-state index in [1.165, 1.54) is 12.1 Å². The van der Waals surface area contributed by atoms with Crippen LogP contribution in [0.4, 0.5) is 4.39 Å². The van der Waals surface area contributed by atoms with Gasteiger partial charge in [0.1, 0.15) is 5.82 Å². The van der Waals surface area contributed by atoms with Crippen molar-refractivity contribution in [2.45, 2.75) is 26.8 Å². The molecule has 0 fully saturated rings. The summed E-state index contributed by atoms with van der Waals surface area (Å²) in [4.78, 5) is 12.2. The molecule has 26 heavy (non-hydrogen) atoms. The van der Waals surface area contributed by atoms with Crippen LogP contribution in [0.1, 0.15) is 34.2 Å². The van der Waals surface area contributed by atoms with Crippen molar-refractivity contribution in [1.82, 2.24) is 4.57 Å². The number of primary amides is 1. The van der Waals surface area contributed by atoms with Crippen molar-refractivity contribution in [3.05, 3.63) is 81.9 Å². The molecule has 0 saturated heterocycles. The third-order valence-electron chi connectivity index (χ3n) is 4.57. The number of hydrogen-bond donors (Lipinski definition) is 1. The first kappa shape index (κ1) is 18.2. The van der Waals surface area contributed by atoms with Crippen LogP contribution in [0, 0.1) is 12.7 Å². The van der Waals surface area contributed by atoms with Crippen LogP contribution < -0.4 is 5.73 Å². The van der Waals surface area contributed by atoms with Gasteiger partial charge in [0.25, 0.3) is 5.91 Å². The lowest BCUT2D eigenvalue weighted by atomic mass is 9.99. The predicted molar refractivity (Wildman–Crippen MR) is 103 cm³/mol. The third-order valence-corrected chi connectivity index (χ3v) is 4.81. The number of nitrogens with two attached hydrogens (primary N) is 1. The van der Waals surface area contributed by atoms with Crippen LogP contribution in [0.2, 0.25) is 5.02 Å². The third kappa shape index (κ3) is 3.37. The maximum Gasteiger partial charge on any atom is 0.251 e. The van der Waals surface area contributed by atoms with Crippen LogP contribution in [-0.2, 0) is 13.0 Å². The van der Waals surface area contributed by atoms with E-state index < -0.39 is 5.91 Å². The fourth-order valence-corrected chi connectivity index (χ4v) is 3.64. The van der Waals surface area contributed by atoms with Crippen molar-refractivity contribution in [2.24, 2.45) is 5.73 Å². The smallest absolute Gasteiger partial charge is 0.251 e. The van der Waals surface area contributed by atoms with Gasteiger partial charge in [-0.05, 0) is 48.7 Å². The average molecular weight is 371 g/mol. The van der Waals surface area contributed by atoms with Gasteiger partial charge in [-0.25, -0.2) is 4.39 Å². The number of halogens is 2. The second kappa shape index (κ2) is 7.34. The van der Waals surface area contributed by atoms with Gasteiger partial charge in [0, 0.05) is 28.5 Å². The molecule has 2 aromatic carbocycles. The molecule has 0 saturated carbocycles. The van der Waals surface area contributed by atoms with Crippen molar-refractivity contribution in [3.8, 4) is 11.1 Å². The standard InChI is InChI=1S/C21H20ClFN2O/c1-3-18-20(15-7-9-17(23)10-8-15)19(21(24)26)13(2)25(18)12-14-5-4-6-16(22)11-14/h4-11H,3,12H2,1-2H3,(H2,24,26). The van der Waals surface area contributed by atoms with E-state index in [0.717, 1.165) is 28.1 Å². The Kier molecular flexibility index (Phi) is 5.14. The van der Waals surface area contributed by atoms with E-state index >= 15 is 0 Å². The SMILES string of the molecule is CCc1c(-c2ccc(F)cc2)c(C(N)=O)c(C)n1Cc1cccc(Cl)c1. The molecule has 2 N–H and O–H groups in total. The van der Waals surface area contributed by atoms with Crippen molar-refractivity contribution in [3.63, 3.8) is 0 Å². The molecular weight excluding hydrogens is 351 g/mol. The molecular formula is C21H20ClFN2O. The summed E-state index contributed by atoms with van der Waals surface area (Å²) in [5.74, 6) is -0.802. The van der Waals surface area contributed by atoms with E-state index in [1.54, 1.807) is 12.1 Å². The molecule has 0 bridgehead atoms. The Morgan fingerprint density at radius 3 is 2.46 bits per heavy atom. The largest absolute Gasteiger partial charge is 0.366 e. The minimum absolute atomic E-state index is 0.317. The molecule has 134 valence electrons. The zero-order chi connectivity index (χ0) is 18.8. The Labute approximate surface area is 157 Å². The molecule has 3 aromatic rings. The summed E-state index contributed by atoms with van der Waals surface area (Å²) < 4.78 is 15.4. The van der Waals surface area contributed by atoms with Crippen molar-refractivity contribution in [2.75, 3.05) is 0 Å². The van der Waals surface area contributed by atoms with Crippen molar-refractivity contribution in [1.29, 1.82) is 0 Å². The molecule has 1 aromatic heterocycles. The number of nitrogens with zero attached hydrogens (tertiary/aromatic N) is 1. The van der Waals surface area contributed by atoms with Gasteiger partial charge in [0.2, 0.25) is 0 Å². The molecule has 1 amide bonds. The van der Waals surface area contributed by atoms with Crippen LogP contribution >= 0.6 is 11.6 Å². The lowest BCUT2D eigenvalue weighted by Crippen LogP contribution is -2.13. The highest BCUT2D eigenvalue weighted by molar-refractivity contribution is 6.30. The number of amides is 1. The Morgan fingerprint density at radius 1 is 1.19 bits per heavy atom. The number of rotatable bonds is 5. The lowest BCUT2D eigenvalue weighted by molar-refractivity contribution is 0.1000. The Hall–Kier alpha value is -2.59. The lowest BCUT2D eigenvalue weighted by Gasteiger charge is -2.12. The van der Waals surface area contributed by atoms with Crippen LogP contribution in [0.3, 0.4) is 0 Å².